The molecule has 6 heteroatoms. The van der Waals surface area contributed by atoms with Crippen molar-refractivity contribution in [3.05, 3.63) is 72.9 Å². The maximum absolute atomic E-state index is 12.8. The summed E-state index contributed by atoms with van der Waals surface area (Å²) in [7, 11) is 0. The average molecular weight is 907 g/mol. The molecule has 1 unspecified atom stereocenters. The molecule has 0 heterocycles. The van der Waals surface area contributed by atoms with Crippen LogP contribution >= 0.6 is 0 Å². The fourth-order valence-electron chi connectivity index (χ4n) is 7.61. The molecular weight excluding hydrogens is 805 g/mol. The number of ether oxygens (including phenoxy) is 3. The van der Waals surface area contributed by atoms with Gasteiger partial charge < -0.3 is 14.2 Å². The minimum Gasteiger partial charge on any atom is -0.462 e. The number of carbonyl (C=O) groups is 3. The van der Waals surface area contributed by atoms with E-state index in [1.165, 1.54) is 148 Å². The van der Waals surface area contributed by atoms with E-state index in [4.69, 9.17) is 14.2 Å². The van der Waals surface area contributed by atoms with Gasteiger partial charge in [-0.3, -0.25) is 14.4 Å². The molecule has 0 aliphatic rings. The molecule has 0 fully saturated rings. The van der Waals surface area contributed by atoms with Gasteiger partial charge in [-0.25, -0.2) is 0 Å². The summed E-state index contributed by atoms with van der Waals surface area (Å²) in [6.45, 7) is 6.45. The fourth-order valence-corrected chi connectivity index (χ4v) is 7.61. The summed E-state index contributed by atoms with van der Waals surface area (Å²) in [5.41, 5.74) is 0. The van der Waals surface area contributed by atoms with E-state index < -0.39 is 6.10 Å². The van der Waals surface area contributed by atoms with Crippen LogP contribution in [0.25, 0.3) is 0 Å². The lowest BCUT2D eigenvalue weighted by atomic mass is 10.1. The number of carbonyl (C=O) groups excluding carboxylic acids is 3. The highest BCUT2D eigenvalue weighted by Crippen LogP contribution is 2.15. The molecule has 0 aliphatic heterocycles. The van der Waals surface area contributed by atoms with Crippen molar-refractivity contribution in [3.8, 4) is 0 Å². The second-order valence-corrected chi connectivity index (χ2v) is 18.2. The normalized spacial score (nSPS) is 12.6. The summed E-state index contributed by atoms with van der Waals surface area (Å²) in [6, 6.07) is 0. The monoisotopic (exact) mass is 907 g/mol. The van der Waals surface area contributed by atoms with Crippen LogP contribution in [-0.4, -0.2) is 37.2 Å². The van der Waals surface area contributed by atoms with E-state index in [2.05, 4.69) is 87.6 Å². The highest BCUT2D eigenvalue weighted by Gasteiger charge is 2.19. The van der Waals surface area contributed by atoms with Gasteiger partial charge in [-0.1, -0.05) is 235 Å². The fraction of sp³-hybridized carbons (Fsp3) is 0.746. The third-order valence-corrected chi connectivity index (χ3v) is 11.7. The van der Waals surface area contributed by atoms with Gasteiger partial charge in [0.15, 0.2) is 6.10 Å². The maximum Gasteiger partial charge on any atom is 0.306 e. The van der Waals surface area contributed by atoms with Crippen molar-refractivity contribution >= 4 is 17.9 Å². The Bertz CT molecular complexity index is 1230. The van der Waals surface area contributed by atoms with Crippen molar-refractivity contribution < 1.29 is 28.6 Å². The molecule has 0 saturated heterocycles. The van der Waals surface area contributed by atoms with Gasteiger partial charge in [-0.15, -0.1) is 0 Å². The quantitative estimate of drug-likeness (QED) is 0.0199. The van der Waals surface area contributed by atoms with E-state index in [0.717, 1.165) is 70.6 Å². The van der Waals surface area contributed by atoms with Crippen LogP contribution in [0, 0.1) is 0 Å². The predicted octanol–water partition coefficient (Wildman–Crippen LogP) is 18.2. The van der Waals surface area contributed by atoms with E-state index >= 15 is 0 Å². The van der Waals surface area contributed by atoms with Crippen LogP contribution in [0.15, 0.2) is 72.9 Å². The predicted molar refractivity (Wildman–Crippen MR) is 279 cm³/mol. The topological polar surface area (TPSA) is 78.9 Å². The van der Waals surface area contributed by atoms with Crippen molar-refractivity contribution in [3.63, 3.8) is 0 Å². The summed E-state index contributed by atoms with van der Waals surface area (Å²) in [6.07, 6.45) is 67.6. The minimum absolute atomic E-state index is 0.0994. The van der Waals surface area contributed by atoms with Gasteiger partial charge in [0.05, 0.1) is 0 Å². The summed E-state index contributed by atoms with van der Waals surface area (Å²) in [4.78, 5) is 38.0. The SMILES string of the molecule is CC/C=C/C=C/C=C/CCCCCCCCCC(=O)OC(COC(=O)CC/C=C/C/C=C/CCCCCCCC)COC(=O)CCCCCCCCC/C=C/CCCCCCCCCC. The molecule has 374 valence electrons. The largest absolute Gasteiger partial charge is 0.462 e. The summed E-state index contributed by atoms with van der Waals surface area (Å²) in [5.74, 6) is -0.982. The molecule has 0 aromatic carbocycles. The van der Waals surface area contributed by atoms with E-state index in [1.54, 1.807) is 0 Å². The molecule has 65 heavy (non-hydrogen) atoms. The van der Waals surface area contributed by atoms with Crippen molar-refractivity contribution in [2.75, 3.05) is 13.2 Å². The molecule has 0 aromatic rings. The number of unbranched alkanes of at least 4 members (excludes halogenated alkanes) is 28. The van der Waals surface area contributed by atoms with Gasteiger partial charge in [-0.05, 0) is 83.5 Å². The number of esters is 3. The lowest BCUT2D eigenvalue weighted by Crippen LogP contribution is -2.30. The number of hydrogen-bond donors (Lipinski definition) is 0. The molecule has 0 saturated carbocycles. The van der Waals surface area contributed by atoms with Crippen LogP contribution in [0.2, 0.25) is 0 Å². The molecule has 0 N–H and O–H groups in total. The summed E-state index contributed by atoms with van der Waals surface area (Å²) in [5, 5.41) is 0. The molecule has 0 amide bonds. The molecule has 0 rings (SSSR count). The zero-order valence-electron chi connectivity index (χ0n) is 42.7. The molecule has 0 spiro atoms. The first kappa shape index (κ1) is 61.9. The summed E-state index contributed by atoms with van der Waals surface area (Å²) < 4.78 is 16.8. The van der Waals surface area contributed by atoms with Crippen LogP contribution in [-0.2, 0) is 28.6 Å². The zero-order valence-corrected chi connectivity index (χ0v) is 42.7. The maximum atomic E-state index is 12.8. The second kappa shape index (κ2) is 53.5. The Hall–Kier alpha value is -3.15. The van der Waals surface area contributed by atoms with Crippen LogP contribution in [0.5, 0.6) is 0 Å². The molecule has 1 atom stereocenters. The van der Waals surface area contributed by atoms with Crippen molar-refractivity contribution in [2.45, 2.75) is 271 Å². The third kappa shape index (κ3) is 51.7. The molecular formula is C59H102O6. The van der Waals surface area contributed by atoms with E-state index in [0.29, 0.717) is 19.3 Å². The van der Waals surface area contributed by atoms with Crippen LogP contribution in [0.1, 0.15) is 265 Å². The Morgan fingerprint density at radius 1 is 0.338 bits per heavy atom. The van der Waals surface area contributed by atoms with E-state index in [9.17, 15) is 14.4 Å². The lowest BCUT2D eigenvalue weighted by molar-refractivity contribution is -0.166. The lowest BCUT2D eigenvalue weighted by Gasteiger charge is -2.18. The Labute approximate surface area is 402 Å². The Balaban J connectivity index is 4.42. The first-order chi connectivity index (χ1) is 32.0. The molecule has 6 nitrogen and oxygen atoms in total. The molecule has 0 radical (unpaired) electrons. The van der Waals surface area contributed by atoms with Crippen molar-refractivity contribution in [2.24, 2.45) is 0 Å². The molecule has 0 bridgehead atoms. The highest BCUT2D eigenvalue weighted by molar-refractivity contribution is 5.71. The average Bonchev–Trinajstić information content (AvgIpc) is 3.30. The Morgan fingerprint density at radius 2 is 0.692 bits per heavy atom. The second-order valence-electron chi connectivity index (χ2n) is 18.2. The smallest absolute Gasteiger partial charge is 0.306 e. The summed E-state index contributed by atoms with van der Waals surface area (Å²) >= 11 is 0. The van der Waals surface area contributed by atoms with Crippen LogP contribution in [0.3, 0.4) is 0 Å². The third-order valence-electron chi connectivity index (χ3n) is 11.7. The molecule has 0 aromatic heterocycles. The van der Waals surface area contributed by atoms with E-state index in [-0.39, 0.29) is 37.5 Å². The first-order valence-corrected chi connectivity index (χ1v) is 27.5. The number of rotatable bonds is 49. The first-order valence-electron chi connectivity index (χ1n) is 27.5. The van der Waals surface area contributed by atoms with Crippen LogP contribution < -0.4 is 0 Å². The highest BCUT2D eigenvalue weighted by atomic mass is 16.6. The van der Waals surface area contributed by atoms with Gasteiger partial charge in [0.2, 0.25) is 0 Å². The standard InChI is InChI=1S/C59H102O6/c1-4-7-10-13-16-19-22-25-27-28-29-30-32-34-37-40-43-46-49-52-58(61)64-55-56(54-63-57(60)51-48-45-42-39-36-33-24-21-18-15-12-9-6-3)65-59(62)53-50-47-44-41-38-35-31-26-23-20-17-14-11-8-5-2/h8,11,14,17,20,23,28-29,33,36,42,45,56H,4-7,9-10,12-13,15-16,18-19,21-22,24-27,30-32,34-35,37-41,43-44,46-55H2,1-3H3/b11-8+,17-14+,23-20+,29-28+,36-33+,45-42+. The zero-order chi connectivity index (χ0) is 47.2. The van der Waals surface area contributed by atoms with Crippen molar-refractivity contribution in [1.82, 2.24) is 0 Å². The van der Waals surface area contributed by atoms with Gasteiger partial charge in [0, 0.05) is 19.3 Å². The van der Waals surface area contributed by atoms with Crippen molar-refractivity contribution in [1.29, 1.82) is 0 Å². The van der Waals surface area contributed by atoms with Gasteiger partial charge >= 0.3 is 17.9 Å². The van der Waals surface area contributed by atoms with E-state index in [1.807, 2.05) is 6.08 Å². The number of allylic oxidation sites excluding steroid dienone is 12. The van der Waals surface area contributed by atoms with Gasteiger partial charge in [0.25, 0.3) is 0 Å². The minimum atomic E-state index is -0.806. The Morgan fingerprint density at radius 3 is 1.15 bits per heavy atom. The van der Waals surface area contributed by atoms with Gasteiger partial charge in [-0.2, -0.15) is 0 Å². The number of hydrogen-bond acceptors (Lipinski definition) is 6. The van der Waals surface area contributed by atoms with Gasteiger partial charge in [0.1, 0.15) is 13.2 Å². The Kier molecular flexibility index (Phi) is 50.9. The molecule has 0 aliphatic carbocycles. The van der Waals surface area contributed by atoms with Crippen LogP contribution in [0.4, 0.5) is 0 Å².